The topological polar surface area (TPSA) is 62.1 Å². The van der Waals surface area contributed by atoms with E-state index in [9.17, 15) is 4.79 Å². The van der Waals surface area contributed by atoms with Crippen LogP contribution in [0.25, 0.3) is 0 Å². The SMILES string of the molecule is N#CCC(=O)Nc1cccc2c1CCO2. The predicted molar refractivity (Wildman–Crippen MR) is 54.5 cm³/mol. The molecule has 1 N–H and O–H groups in total. The van der Waals surface area contributed by atoms with E-state index in [1.165, 1.54) is 0 Å². The largest absolute Gasteiger partial charge is 0.493 e. The molecule has 0 bridgehead atoms. The summed E-state index contributed by atoms with van der Waals surface area (Å²) in [4.78, 5) is 11.2. The number of rotatable bonds is 2. The first-order valence-corrected chi connectivity index (χ1v) is 4.73. The Labute approximate surface area is 87.5 Å². The zero-order valence-electron chi connectivity index (χ0n) is 8.12. The second-order valence-corrected chi connectivity index (χ2v) is 3.26. The van der Waals surface area contributed by atoms with Crippen molar-refractivity contribution in [2.45, 2.75) is 12.8 Å². The number of carbonyl (C=O) groups excluding carboxylic acids is 1. The van der Waals surface area contributed by atoms with Crippen LogP contribution in [0.15, 0.2) is 18.2 Å². The van der Waals surface area contributed by atoms with Crippen LogP contribution in [0.5, 0.6) is 5.75 Å². The highest BCUT2D eigenvalue weighted by Crippen LogP contribution is 2.31. The molecule has 15 heavy (non-hydrogen) atoms. The Morgan fingerprint density at radius 1 is 1.60 bits per heavy atom. The molecule has 4 nitrogen and oxygen atoms in total. The minimum absolute atomic E-state index is 0.121. The van der Waals surface area contributed by atoms with Crippen LogP contribution in [-0.4, -0.2) is 12.5 Å². The van der Waals surface area contributed by atoms with Gasteiger partial charge in [-0.2, -0.15) is 5.26 Å². The number of nitrogens with one attached hydrogen (secondary N) is 1. The van der Waals surface area contributed by atoms with Gasteiger partial charge < -0.3 is 10.1 Å². The Hall–Kier alpha value is -2.02. The van der Waals surface area contributed by atoms with Crippen molar-refractivity contribution < 1.29 is 9.53 Å². The first kappa shape index (κ1) is 9.53. The van der Waals surface area contributed by atoms with E-state index in [0.29, 0.717) is 6.61 Å². The Morgan fingerprint density at radius 2 is 2.47 bits per heavy atom. The number of nitriles is 1. The normalized spacial score (nSPS) is 12.5. The van der Waals surface area contributed by atoms with Gasteiger partial charge in [0.05, 0.1) is 12.7 Å². The van der Waals surface area contributed by atoms with Gasteiger partial charge in [0.2, 0.25) is 5.91 Å². The van der Waals surface area contributed by atoms with E-state index < -0.39 is 0 Å². The first-order chi connectivity index (χ1) is 7.31. The summed E-state index contributed by atoms with van der Waals surface area (Å²) in [5, 5.41) is 11.1. The Kier molecular flexibility index (Phi) is 2.55. The quantitative estimate of drug-likeness (QED) is 0.789. The molecule has 4 heteroatoms. The van der Waals surface area contributed by atoms with Crippen molar-refractivity contribution in [3.05, 3.63) is 23.8 Å². The smallest absolute Gasteiger partial charge is 0.238 e. The van der Waals surface area contributed by atoms with Gasteiger partial charge in [-0.05, 0) is 12.1 Å². The van der Waals surface area contributed by atoms with Gasteiger partial charge in [-0.15, -0.1) is 0 Å². The molecule has 1 aliphatic rings. The average molecular weight is 202 g/mol. The van der Waals surface area contributed by atoms with E-state index in [1.807, 2.05) is 24.3 Å². The van der Waals surface area contributed by atoms with Crippen LogP contribution in [0.1, 0.15) is 12.0 Å². The molecule has 1 aliphatic heterocycles. The molecular formula is C11H10N2O2. The summed E-state index contributed by atoms with van der Waals surface area (Å²) in [6, 6.07) is 7.34. The maximum absolute atomic E-state index is 11.2. The van der Waals surface area contributed by atoms with E-state index in [4.69, 9.17) is 10.00 Å². The fraction of sp³-hybridized carbons (Fsp3) is 0.273. The van der Waals surface area contributed by atoms with Crippen molar-refractivity contribution in [1.82, 2.24) is 0 Å². The third kappa shape index (κ3) is 1.91. The summed E-state index contributed by atoms with van der Waals surface area (Å²) in [5.41, 5.74) is 1.77. The van der Waals surface area contributed by atoms with Crippen molar-refractivity contribution in [1.29, 1.82) is 5.26 Å². The minimum atomic E-state index is -0.280. The van der Waals surface area contributed by atoms with Crippen molar-refractivity contribution in [2.75, 3.05) is 11.9 Å². The average Bonchev–Trinajstić information content (AvgIpc) is 2.67. The van der Waals surface area contributed by atoms with E-state index in [0.717, 1.165) is 23.4 Å². The fourth-order valence-corrected chi connectivity index (χ4v) is 1.61. The molecule has 0 aromatic heterocycles. The summed E-state index contributed by atoms with van der Waals surface area (Å²) >= 11 is 0. The summed E-state index contributed by atoms with van der Waals surface area (Å²) in [7, 11) is 0. The van der Waals surface area contributed by atoms with E-state index in [-0.39, 0.29) is 12.3 Å². The number of anilines is 1. The maximum atomic E-state index is 11.2. The molecule has 1 heterocycles. The van der Waals surface area contributed by atoms with Gasteiger partial charge in [0, 0.05) is 17.7 Å². The second kappa shape index (κ2) is 4.01. The summed E-state index contributed by atoms with van der Waals surface area (Å²) in [5.74, 6) is 0.544. The van der Waals surface area contributed by atoms with E-state index in [1.54, 1.807) is 0 Å². The Balaban J connectivity index is 2.19. The van der Waals surface area contributed by atoms with Crippen LogP contribution in [0.3, 0.4) is 0 Å². The molecule has 0 saturated carbocycles. The number of amides is 1. The number of hydrogen-bond acceptors (Lipinski definition) is 3. The molecule has 0 unspecified atom stereocenters. The first-order valence-electron chi connectivity index (χ1n) is 4.73. The number of carbonyl (C=O) groups is 1. The van der Waals surface area contributed by atoms with Crippen molar-refractivity contribution in [3.63, 3.8) is 0 Å². The van der Waals surface area contributed by atoms with Gasteiger partial charge in [-0.3, -0.25) is 4.79 Å². The third-order valence-electron chi connectivity index (χ3n) is 2.26. The summed E-state index contributed by atoms with van der Waals surface area (Å²) < 4.78 is 5.36. The predicted octanol–water partition coefficient (Wildman–Crippen LogP) is 1.47. The standard InChI is InChI=1S/C11H10N2O2/c12-6-4-11(14)13-9-2-1-3-10-8(9)5-7-15-10/h1-3H,4-5,7H2,(H,13,14). The zero-order valence-corrected chi connectivity index (χ0v) is 8.12. The van der Waals surface area contributed by atoms with E-state index >= 15 is 0 Å². The lowest BCUT2D eigenvalue weighted by atomic mass is 10.1. The lowest BCUT2D eigenvalue weighted by Gasteiger charge is -2.07. The molecule has 1 amide bonds. The molecule has 0 saturated heterocycles. The fourth-order valence-electron chi connectivity index (χ4n) is 1.61. The number of fused-ring (bicyclic) bond motifs is 1. The molecule has 0 fully saturated rings. The number of ether oxygens (including phenoxy) is 1. The molecule has 76 valence electrons. The number of hydrogen-bond donors (Lipinski definition) is 1. The van der Waals surface area contributed by atoms with Gasteiger partial charge in [-0.25, -0.2) is 0 Å². The van der Waals surface area contributed by atoms with E-state index in [2.05, 4.69) is 5.32 Å². The van der Waals surface area contributed by atoms with Crippen LogP contribution < -0.4 is 10.1 Å². The summed E-state index contributed by atoms with van der Waals surface area (Å²) in [6.07, 6.45) is 0.683. The maximum Gasteiger partial charge on any atom is 0.238 e. The van der Waals surface area contributed by atoms with Crippen LogP contribution in [0, 0.1) is 11.3 Å². The van der Waals surface area contributed by atoms with Crippen LogP contribution in [0.4, 0.5) is 5.69 Å². The molecule has 1 aromatic carbocycles. The van der Waals surface area contributed by atoms with Gasteiger partial charge in [0.15, 0.2) is 0 Å². The highest BCUT2D eigenvalue weighted by atomic mass is 16.5. The minimum Gasteiger partial charge on any atom is -0.493 e. The van der Waals surface area contributed by atoms with Gasteiger partial charge in [-0.1, -0.05) is 6.07 Å². The molecule has 2 rings (SSSR count). The van der Waals surface area contributed by atoms with Gasteiger partial charge in [0.1, 0.15) is 12.2 Å². The third-order valence-corrected chi connectivity index (χ3v) is 2.26. The van der Waals surface area contributed by atoms with Crippen LogP contribution in [0.2, 0.25) is 0 Å². The Morgan fingerprint density at radius 3 is 3.27 bits per heavy atom. The van der Waals surface area contributed by atoms with Crippen molar-refractivity contribution >= 4 is 11.6 Å². The lowest BCUT2D eigenvalue weighted by molar-refractivity contribution is -0.115. The van der Waals surface area contributed by atoms with Gasteiger partial charge >= 0.3 is 0 Å². The zero-order chi connectivity index (χ0) is 10.7. The summed E-state index contributed by atoms with van der Waals surface area (Å²) in [6.45, 7) is 0.653. The molecule has 0 aliphatic carbocycles. The second-order valence-electron chi connectivity index (χ2n) is 3.26. The van der Waals surface area contributed by atoms with Gasteiger partial charge in [0.25, 0.3) is 0 Å². The molecule has 1 aromatic rings. The highest BCUT2D eigenvalue weighted by Gasteiger charge is 2.16. The monoisotopic (exact) mass is 202 g/mol. The highest BCUT2D eigenvalue weighted by molar-refractivity contribution is 5.93. The molecule has 0 spiro atoms. The lowest BCUT2D eigenvalue weighted by Crippen LogP contribution is -2.11. The van der Waals surface area contributed by atoms with Crippen LogP contribution in [-0.2, 0) is 11.2 Å². The van der Waals surface area contributed by atoms with Crippen LogP contribution >= 0.6 is 0 Å². The number of benzene rings is 1. The molecule has 0 atom stereocenters. The molecule has 0 radical (unpaired) electrons. The Bertz CT molecular complexity index is 435. The van der Waals surface area contributed by atoms with Crippen molar-refractivity contribution in [2.24, 2.45) is 0 Å². The van der Waals surface area contributed by atoms with Crippen molar-refractivity contribution in [3.8, 4) is 11.8 Å². The number of nitrogens with zero attached hydrogens (tertiary/aromatic N) is 1. The molecular weight excluding hydrogens is 192 g/mol.